The van der Waals surface area contributed by atoms with Crippen molar-refractivity contribution in [1.82, 2.24) is 0 Å². The Hall–Kier alpha value is -0.640. The lowest BCUT2D eigenvalue weighted by molar-refractivity contribution is 0.153. The third kappa shape index (κ3) is 2.40. The van der Waals surface area contributed by atoms with Crippen molar-refractivity contribution < 1.29 is 9.50 Å². The van der Waals surface area contributed by atoms with E-state index in [9.17, 15) is 9.50 Å². The molecule has 2 nitrogen and oxygen atoms in total. The molecule has 0 saturated carbocycles. The maximum atomic E-state index is 12.9. The van der Waals surface area contributed by atoms with Gasteiger partial charge in [0.2, 0.25) is 0 Å². The molecular formula is C9H11ClFNO. The highest BCUT2D eigenvalue weighted by atomic mass is 35.5. The highest BCUT2D eigenvalue weighted by Crippen LogP contribution is 2.21. The lowest BCUT2D eigenvalue weighted by Gasteiger charge is -2.14. The van der Waals surface area contributed by atoms with Crippen LogP contribution in [-0.4, -0.2) is 11.1 Å². The normalized spacial score (nSPS) is 15.5. The van der Waals surface area contributed by atoms with E-state index in [4.69, 9.17) is 17.3 Å². The van der Waals surface area contributed by atoms with Gasteiger partial charge in [-0.3, -0.25) is 0 Å². The molecule has 0 radical (unpaired) electrons. The largest absolute Gasteiger partial charge is 0.387 e. The molecule has 0 saturated heterocycles. The number of benzene rings is 1. The Kier molecular flexibility index (Phi) is 3.25. The Morgan fingerprint density at radius 3 is 2.62 bits per heavy atom. The predicted octanol–water partition coefficient (Wildman–Crippen LogP) is 1.86. The first-order valence-electron chi connectivity index (χ1n) is 3.91. The number of aliphatic hydroxyl groups is 1. The van der Waals surface area contributed by atoms with Crippen molar-refractivity contribution in [3.05, 3.63) is 34.6 Å². The van der Waals surface area contributed by atoms with Crippen molar-refractivity contribution in [3.8, 4) is 0 Å². The van der Waals surface area contributed by atoms with E-state index in [1.807, 2.05) is 0 Å². The summed E-state index contributed by atoms with van der Waals surface area (Å²) >= 11 is 5.48. The van der Waals surface area contributed by atoms with Crippen LogP contribution in [0, 0.1) is 5.82 Å². The summed E-state index contributed by atoms with van der Waals surface area (Å²) in [6.45, 7) is 1.65. The molecule has 0 amide bonds. The molecule has 1 rings (SSSR count). The summed E-state index contributed by atoms with van der Waals surface area (Å²) < 4.78 is 12.9. The van der Waals surface area contributed by atoms with E-state index in [0.29, 0.717) is 5.56 Å². The minimum Gasteiger partial charge on any atom is -0.387 e. The Balaban J connectivity index is 2.97. The van der Waals surface area contributed by atoms with Gasteiger partial charge in [0.1, 0.15) is 5.82 Å². The average molecular weight is 204 g/mol. The standard InChI is InChI=1S/C9H11ClFNO/c1-5(12)9(13)6-2-3-7(10)8(11)4-6/h2-5,9,13H,12H2,1H3/t5-,9-/m0/s1. The van der Waals surface area contributed by atoms with Crippen LogP contribution in [-0.2, 0) is 0 Å². The van der Waals surface area contributed by atoms with Gasteiger partial charge < -0.3 is 10.8 Å². The van der Waals surface area contributed by atoms with Gasteiger partial charge >= 0.3 is 0 Å². The number of aliphatic hydroxyl groups excluding tert-OH is 1. The van der Waals surface area contributed by atoms with Gasteiger partial charge in [0.05, 0.1) is 11.1 Å². The van der Waals surface area contributed by atoms with E-state index in [0.717, 1.165) is 0 Å². The van der Waals surface area contributed by atoms with Crippen LogP contribution in [0.25, 0.3) is 0 Å². The van der Waals surface area contributed by atoms with Gasteiger partial charge in [-0.15, -0.1) is 0 Å². The number of nitrogens with two attached hydrogens (primary N) is 1. The summed E-state index contributed by atoms with van der Waals surface area (Å²) in [4.78, 5) is 0. The third-order valence-corrected chi connectivity index (χ3v) is 2.09. The van der Waals surface area contributed by atoms with Crippen molar-refractivity contribution in [3.63, 3.8) is 0 Å². The van der Waals surface area contributed by atoms with Gasteiger partial charge in [-0.25, -0.2) is 4.39 Å². The molecule has 1 aromatic rings. The first kappa shape index (κ1) is 10.4. The number of hydrogen-bond donors (Lipinski definition) is 2. The van der Waals surface area contributed by atoms with Crippen LogP contribution >= 0.6 is 11.6 Å². The lowest BCUT2D eigenvalue weighted by atomic mass is 10.0. The number of hydrogen-bond acceptors (Lipinski definition) is 2. The number of halogens is 2. The summed E-state index contributed by atoms with van der Waals surface area (Å²) in [7, 11) is 0. The molecule has 1 aromatic carbocycles. The minimum atomic E-state index is -0.855. The van der Waals surface area contributed by atoms with E-state index in [2.05, 4.69) is 0 Å². The van der Waals surface area contributed by atoms with Gasteiger partial charge in [0.25, 0.3) is 0 Å². The van der Waals surface area contributed by atoms with Crippen LogP contribution in [0.2, 0.25) is 5.02 Å². The molecule has 4 heteroatoms. The van der Waals surface area contributed by atoms with E-state index >= 15 is 0 Å². The molecule has 0 heterocycles. The Morgan fingerprint density at radius 1 is 1.54 bits per heavy atom. The fraction of sp³-hybridized carbons (Fsp3) is 0.333. The molecule has 0 aliphatic carbocycles. The molecule has 0 bridgehead atoms. The average Bonchev–Trinajstić information content (AvgIpc) is 2.08. The summed E-state index contributed by atoms with van der Waals surface area (Å²) in [5.41, 5.74) is 5.89. The van der Waals surface area contributed by atoms with E-state index in [1.54, 1.807) is 13.0 Å². The maximum absolute atomic E-state index is 12.9. The molecule has 72 valence electrons. The highest BCUT2D eigenvalue weighted by molar-refractivity contribution is 6.30. The van der Waals surface area contributed by atoms with Gasteiger partial charge in [0, 0.05) is 6.04 Å². The van der Waals surface area contributed by atoms with Crippen molar-refractivity contribution in [2.75, 3.05) is 0 Å². The summed E-state index contributed by atoms with van der Waals surface area (Å²) in [5.74, 6) is -0.543. The highest BCUT2D eigenvalue weighted by Gasteiger charge is 2.13. The smallest absolute Gasteiger partial charge is 0.142 e. The van der Waals surface area contributed by atoms with Crippen LogP contribution in [0.3, 0.4) is 0 Å². The van der Waals surface area contributed by atoms with Crippen LogP contribution < -0.4 is 5.73 Å². The maximum Gasteiger partial charge on any atom is 0.142 e. The molecule has 3 N–H and O–H groups in total. The van der Waals surface area contributed by atoms with E-state index < -0.39 is 18.0 Å². The monoisotopic (exact) mass is 203 g/mol. The second-order valence-corrected chi connectivity index (χ2v) is 3.38. The molecule has 0 spiro atoms. The van der Waals surface area contributed by atoms with Crippen molar-refractivity contribution in [2.24, 2.45) is 5.73 Å². The number of rotatable bonds is 2. The summed E-state index contributed by atoms with van der Waals surface area (Å²) in [5, 5.41) is 9.52. The molecule has 0 aromatic heterocycles. The molecule has 2 atom stereocenters. The molecular weight excluding hydrogens is 193 g/mol. The fourth-order valence-electron chi connectivity index (χ4n) is 1.000. The van der Waals surface area contributed by atoms with Crippen LogP contribution in [0.15, 0.2) is 18.2 Å². The lowest BCUT2D eigenvalue weighted by Crippen LogP contribution is -2.24. The zero-order valence-corrected chi connectivity index (χ0v) is 7.92. The zero-order chi connectivity index (χ0) is 10.0. The van der Waals surface area contributed by atoms with E-state index in [1.165, 1.54) is 12.1 Å². The summed E-state index contributed by atoms with van der Waals surface area (Å²) in [6.07, 6.45) is -0.855. The fourth-order valence-corrected chi connectivity index (χ4v) is 1.12. The molecule has 0 aliphatic rings. The van der Waals surface area contributed by atoms with Gasteiger partial charge in [0.15, 0.2) is 0 Å². The predicted molar refractivity (Wildman–Crippen MR) is 50.0 cm³/mol. The SMILES string of the molecule is C[C@H](N)[C@H](O)c1ccc(Cl)c(F)c1. The third-order valence-electron chi connectivity index (χ3n) is 1.78. The van der Waals surface area contributed by atoms with Gasteiger partial charge in [-0.1, -0.05) is 17.7 Å². The van der Waals surface area contributed by atoms with Crippen LogP contribution in [0.5, 0.6) is 0 Å². The van der Waals surface area contributed by atoms with Crippen molar-refractivity contribution in [1.29, 1.82) is 0 Å². The molecule has 0 aliphatic heterocycles. The quantitative estimate of drug-likeness (QED) is 0.771. The zero-order valence-electron chi connectivity index (χ0n) is 7.17. The Labute approximate surface area is 81.1 Å². The molecule has 13 heavy (non-hydrogen) atoms. The molecule has 0 unspecified atom stereocenters. The van der Waals surface area contributed by atoms with Crippen LogP contribution in [0.4, 0.5) is 4.39 Å². The summed E-state index contributed by atoms with van der Waals surface area (Å²) in [6, 6.07) is 3.72. The van der Waals surface area contributed by atoms with Gasteiger partial charge in [-0.2, -0.15) is 0 Å². The van der Waals surface area contributed by atoms with E-state index in [-0.39, 0.29) is 5.02 Å². The first-order valence-corrected chi connectivity index (χ1v) is 4.28. The Bertz CT molecular complexity index is 304. The Morgan fingerprint density at radius 2 is 2.15 bits per heavy atom. The first-order chi connectivity index (χ1) is 6.02. The molecule has 0 fully saturated rings. The topological polar surface area (TPSA) is 46.2 Å². The van der Waals surface area contributed by atoms with Gasteiger partial charge in [-0.05, 0) is 24.6 Å². The van der Waals surface area contributed by atoms with Crippen molar-refractivity contribution >= 4 is 11.6 Å². The minimum absolute atomic E-state index is 0.0422. The van der Waals surface area contributed by atoms with Crippen molar-refractivity contribution in [2.45, 2.75) is 19.1 Å². The second kappa shape index (κ2) is 4.05. The van der Waals surface area contributed by atoms with Crippen LogP contribution in [0.1, 0.15) is 18.6 Å². The second-order valence-electron chi connectivity index (χ2n) is 2.98.